The quantitative estimate of drug-likeness (QED) is 0.897. The zero-order valence-electron chi connectivity index (χ0n) is 14.2. The van der Waals surface area contributed by atoms with Crippen LogP contribution in [-0.4, -0.2) is 57.4 Å². The van der Waals surface area contributed by atoms with Crippen LogP contribution in [0.25, 0.3) is 0 Å². The predicted molar refractivity (Wildman–Crippen MR) is 90.6 cm³/mol. The smallest absolute Gasteiger partial charge is 0.289 e. The Kier molecular flexibility index (Phi) is 3.60. The first kappa shape index (κ1) is 15.9. The topological polar surface area (TPSA) is 52.2 Å². The molecule has 7 heteroatoms. The lowest BCUT2D eigenvalue weighted by molar-refractivity contribution is -0.00392. The maximum absolute atomic E-state index is 14.5. The average molecular weight is 358 g/mol. The first-order chi connectivity index (χ1) is 12.6. The summed E-state index contributed by atoms with van der Waals surface area (Å²) in [7, 11) is 0. The maximum atomic E-state index is 14.5. The fraction of sp³-hybridized carbons (Fsp3) is 0.474. The van der Waals surface area contributed by atoms with E-state index in [0.29, 0.717) is 23.9 Å². The summed E-state index contributed by atoms with van der Waals surface area (Å²) in [6.45, 7) is 2.31. The lowest BCUT2D eigenvalue weighted by Crippen LogP contribution is -2.60. The van der Waals surface area contributed by atoms with E-state index in [-0.39, 0.29) is 23.9 Å². The second kappa shape index (κ2) is 5.87. The number of hydrogen-bond acceptors (Lipinski definition) is 3. The predicted octanol–water partition coefficient (Wildman–Crippen LogP) is 2.39. The Balaban J connectivity index is 1.57. The van der Waals surface area contributed by atoms with Gasteiger partial charge in [-0.05, 0) is 43.5 Å². The molecule has 0 radical (unpaired) electrons. The largest absolute Gasteiger partial charge is 0.341 e. The van der Waals surface area contributed by atoms with Crippen LogP contribution in [0.15, 0.2) is 30.6 Å². The van der Waals surface area contributed by atoms with Crippen molar-refractivity contribution in [3.8, 4) is 0 Å². The van der Waals surface area contributed by atoms with Crippen molar-refractivity contribution in [2.75, 3.05) is 19.6 Å². The molecule has 4 fully saturated rings. The SMILES string of the molecule is O=C(c1ncc[nH]1)N1C[C@H](c2cccc(F)c2F)[C@H]2[C@@H]1C1CCN2CC1. The van der Waals surface area contributed by atoms with Crippen LogP contribution in [0.2, 0.25) is 0 Å². The highest BCUT2D eigenvalue weighted by atomic mass is 19.2. The summed E-state index contributed by atoms with van der Waals surface area (Å²) in [5.74, 6) is -1.28. The van der Waals surface area contributed by atoms with E-state index in [2.05, 4.69) is 14.9 Å². The summed E-state index contributed by atoms with van der Waals surface area (Å²) < 4.78 is 28.4. The molecule has 0 saturated carbocycles. The molecule has 6 rings (SSSR count). The number of rotatable bonds is 2. The molecular weight excluding hydrogens is 338 g/mol. The highest BCUT2D eigenvalue weighted by molar-refractivity contribution is 5.91. The van der Waals surface area contributed by atoms with Crippen LogP contribution < -0.4 is 0 Å². The maximum Gasteiger partial charge on any atom is 0.289 e. The summed E-state index contributed by atoms with van der Waals surface area (Å²) in [5.41, 5.74) is 0.377. The van der Waals surface area contributed by atoms with Gasteiger partial charge in [0.25, 0.3) is 5.91 Å². The zero-order chi connectivity index (χ0) is 17.8. The molecule has 0 unspecified atom stereocenters. The molecule has 1 aromatic heterocycles. The minimum Gasteiger partial charge on any atom is -0.341 e. The van der Waals surface area contributed by atoms with E-state index in [0.717, 1.165) is 32.0 Å². The number of carbonyl (C=O) groups excluding carboxylic acids is 1. The van der Waals surface area contributed by atoms with Crippen molar-refractivity contribution in [1.82, 2.24) is 19.8 Å². The van der Waals surface area contributed by atoms with E-state index >= 15 is 0 Å². The van der Waals surface area contributed by atoms with Crippen LogP contribution in [0.4, 0.5) is 8.78 Å². The van der Waals surface area contributed by atoms with Crippen LogP contribution in [0.5, 0.6) is 0 Å². The molecule has 1 N–H and O–H groups in total. The molecule has 2 bridgehead atoms. The number of aromatic amines is 1. The highest BCUT2D eigenvalue weighted by Gasteiger charge is 2.55. The number of carbonyl (C=O) groups is 1. The third-order valence-electron chi connectivity index (χ3n) is 6.34. The van der Waals surface area contributed by atoms with Crippen molar-refractivity contribution < 1.29 is 13.6 Å². The van der Waals surface area contributed by atoms with E-state index in [1.54, 1.807) is 24.5 Å². The first-order valence-electron chi connectivity index (χ1n) is 9.13. The average Bonchev–Trinajstić information content (AvgIpc) is 3.33. The van der Waals surface area contributed by atoms with Gasteiger partial charge in [0, 0.05) is 30.9 Å². The van der Waals surface area contributed by atoms with Gasteiger partial charge in [0.2, 0.25) is 0 Å². The minimum atomic E-state index is -0.828. The zero-order valence-corrected chi connectivity index (χ0v) is 14.2. The summed E-state index contributed by atoms with van der Waals surface area (Å²) in [5, 5.41) is 0. The van der Waals surface area contributed by atoms with Crippen molar-refractivity contribution in [1.29, 1.82) is 0 Å². The third kappa shape index (κ3) is 2.23. The third-order valence-corrected chi connectivity index (χ3v) is 6.34. The number of amides is 1. The molecule has 136 valence electrons. The van der Waals surface area contributed by atoms with E-state index in [9.17, 15) is 13.6 Å². The summed E-state index contributed by atoms with van der Waals surface area (Å²) in [6.07, 6.45) is 5.27. The van der Waals surface area contributed by atoms with Crippen molar-refractivity contribution in [2.45, 2.75) is 30.8 Å². The van der Waals surface area contributed by atoms with Gasteiger partial charge in [0.15, 0.2) is 17.5 Å². The Hall–Kier alpha value is -2.28. The Labute approximate surface area is 150 Å². The number of H-pyrrole nitrogens is 1. The standard InChI is InChI=1S/C19H20F2N4O/c20-14-3-1-2-12(15(14)21)13-10-25(19(26)18-22-6-7-23-18)16-11-4-8-24(9-5-11)17(13)16/h1-3,6-7,11,13,16-17H,4-5,8-10H2,(H,22,23)/t13-,16+,17+/m1/s1. The van der Waals surface area contributed by atoms with Gasteiger partial charge in [-0.3, -0.25) is 9.69 Å². The van der Waals surface area contributed by atoms with Crippen LogP contribution in [0.3, 0.4) is 0 Å². The number of fused-ring (bicyclic) bond motifs is 2. The van der Waals surface area contributed by atoms with E-state index < -0.39 is 11.6 Å². The number of aromatic nitrogens is 2. The lowest BCUT2D eigenvalue weighted by atomic mass is 9.75. The fourth-order valence-electron chi connectivity index (χ4n) is 5.25. The highest BCUT2D eigenvalue weighted by Crippen LogP contribution is 2.47. The van der Waals surface area contributed by atoms with Crippen LogP contribution in [-0.2, 0) is 0 Å². The van der Waals surface area contributed by atoms with Crippen LogP contribution in [0.1, 0.15) is 34.9 Å². The Morgan fingerprint density at radius 1 is 1.19 bits per heavy atom. The van der Waals surface area contributed by atoms with Crippen LogP contribution in [0, 0.1) is 17.6 Å². The first-order valence-corrected chi connectivity index (χ1v) is 9.13. The summed E-state index contributed by atoms with van der Waals surface area (Å²) in [6, 6.07) is 4.42. The lowest BCUT2D eigenvalue weighted by Gasteiger charge is -2.51. The van der Waals surface area contributed by atoms with Crippen molar-refractivity contribution in [3.63, 3.8) is 0 Å². The van der Waals surface area contributed by atoms with Gasteiger partial charge in [0.05, 0.1) is 6.04 Å². The molecule has 0 aliphatic carbocycles. The van der Waals surface area contributed by atoms with E-state index in [1.807, 2.05) is 4.90 Å². The molecule has 26 heavy (non-hydrogen) atoms. The van der Waals surface area contributed by atoms with Crippen molar-refractivity contribution in [2.24, 2.45) is 5.92 Å². The molecule has 1 aromatic carbocycles. The van der Waals surface area contributed by atoms with Gasteiger partial charge in [-0.25, -0.2) is 13.8 Å². The Morgan fingerprint density at radius 3 is 2.73 bits per heavy atom. The molecule has 4 saturated heterocycles. The molecule has 4 aliphatic rings. The minimum absolute atomic E-state index is 0.0303. The van der Waals surface area contributed by atoms with Crippen molar-refractivity contribution >= 4 is 5.91 Å². The van der Waals surface area contributed by atoms with Gasteiger partial charge in [0.1, 0.15) is 0 Å². The van der Waals surface area contributed by atoms with Gasteiger partial charge >= 0.3 is 0 Å². The molecule has 1 amide bonds. The summed E-state index contributed by atoms with van der Waals surface area (Å²) in [4.78, 5) is 24.2. The molecule has 0 spiro atoms. The Morgan fingerprint density at radius 2 is 2.00 bits per heavy atom. The van der Waals surface area contributed by atoms with Gasteiger partial charge in [-0.2, -0.15) is 0 Å². The van der Waals surface area contributed by atoms with Crippen molar-refractivity contribution in [3.05, 3.63) is 53.6 Å². The molecule has 2 aromatic rings. The number of nitrogens with one attached hydrogen (secondary N) is 1. The molecule has 5 heterocycles. The van der Waals surface area contributed by atoms with E-state index in [4.69, 9.17) is 0 Å². The molecular formula is C19H20F2N4O. The molecule has 5 nitrogen and oxygen atoms in total. The molecule has 3 atom stereocenters. The van der Waals surface area contributed by atoms with E-state index in [1.165, 1.54) is 0 Å². The number of likely N-dealkylation sites (tertiary alicyclic amines) is 1. The number of halogens is 2. The fourth-order valence-corrected chi connectivity index (χ4v) is 5.25. The molecule has 4 aliphatic heterocycles. The normalized spacial score (nSPS) is 32.7. The number of nitrogens with zero attached hydrogens (tertiary/aromatic N) is 3. The monoisotopic (exact) mass is 358 g/mol. The second-order valence-electron chi connectivity index (χ2n) is 7.50. The summed E-state index contributed by atoms with van der Waals surface area (Å²) >= 11 is 0. The number of piperidine rings is 3. The second-order valence-corrected chi connectivity index (χ2v) is 7.50. The number of imidazole rings is 1. The van der Waals surface area contributed by atoms with Gasteiger partial charge in [-0.15, -0.1) is 0 Å². The Bertz CT molecular complexity index is 832. The van der Waals surface area contributed by atoms with Gasteiger partial charge < -0.3 is 9.88 Å². The number of benzene rings is 1. The van der Waals surface area contributed by atoms with Crippen LogP contribution >= 0.6 is 0 Å². The number of hydrogen-bond donors (Lipinski definition) is 1. The van der Waals surface area contributed by atoms with Gasteiger partial charge in [-0.1, -0.05) is 12.1 Å².